The quantitative estimate of drug-likeness (QED) is 0.344. The summed E-state index contributed by atoms with van der Waals surface area (Å²) in [5.74, 6) is -2.18. The summed E-state index contributed by atoms with van der Waals surface area (Å²) in [4.78, 5) is 22.2. The van der Waals surface area contributed by atoms with Gasteiger partial charge in [0.1, 0.15) is 6.17 Å². The number of hydrogen-bond donors (Lipinski definition) is 4. The molecule has 0 aliphatic heterocycles. The van der Waals surface area contributed by atoms with Gasteiger partial charge in [-0.05, 0) is 24.4 Å². The van der Waals surface area contributed by atoms with Crippen LogP contribution in [0.25, 0.3) is 0 Å². The lowest BCUT2D eigenvalue weighted by Gasteiger charge is -2.27. The molecular formula is C12H11Cl3FN3O3S. The molecule has 126 valence electrons. The van der Waals surface area contributed by atoms with Crippen LogP contribution < -0.4 is 16.0 Å². The number of hydrogen-bond acceptors (Lipinski definition) is 3. The van der Waals surface area contributed by atoms with Crippen molar-refractivity contribution in [1.29, 1.82) is 0 Å². The summed E-state index contributed by atoms with van der Waals surface area (Å²) in [7, 11) is 0. The number of nitrogens with one attached hydrogen (secondary N) is 3. The molecule has 1 atom stereocenters. The number of benzene rings is 1. The number of para-hydroxylation sites is 1. The van der Waals surface area contributed by atoms with Gasteiger partial charge in [-0.15, -0.1) is 0 Å². The van der Waals surface area contributed by atoms with E-state index in [0.717, 1.165) is 0 Å². The van der Waals surface area contributed by atoms with Gasteiger partial charge in [-0.3, -0.25) is 4.79 Å². The number of rotatable bonds is 5. The number of alkyl halides is 4. The molecule has 0 fully saturated rings. The van der Waals surface area contributed by atoms with Crippen LogP contribution in [0.2, 0.25) is 0 Å². The van der Waals surface area contributed by atoms with E-state index >= 15 is 0 Å². The van der Waals surface area contributed by atoms with Crippen molar-refractivity contribution in [3.05, 3.63) is 29.8 Å². The van der Waals surface area contributed by atoms with Crippen LogP contribution in [0.5, 0.6) is 0 Å². The smallest absolute Gasteiger partial charge is 0.337 e. The van der Waals surface area contributed by atoms with Crippen LogP contribution in [0.4, 0.5) is 10.1 Å². The number of amides is 1. The zero-order chi connectivity index (χ0) is 17.6. The number of halogens is 4. The summed E-state index contributed by atoms with van der Waals surface area (Å²) in [6, 6.07) is 5.97. The molecule has 1 amide bonds. The first-order chi connectivity index (χ1) is 10.6. The molecule has 11 heteroatoms. The lowest BCUT2D eigenvalue weighted by Crippen LogP contribution is -2.56. The second-order valence-electron chi connectivity index (χ2n) is 4.12. The maximum absolute atomic E-state index is 12.3. The molecule has 1 aromatic carbocycles. The van der Waals surface area contributed by atoms with E-state index in [4.69, 9.17) is 52.1 Å². The zero-order valence-electron chi connectivity index (χ0n) is 11.3. The Hall–Kier alpha value is -1.35. The number of carbonyl (C=O) groups excluding carboxylic acids is 1. The van der Waals surface area contributed by atoms with Crippen molar-refractivity contribution in [2.45, 2.75) is 9.96 Å². The predicted molar refractivity (Wildman–Crippen MR) is 91.0 cm³/mol. The lowest BCUT2D eigenvalue weighted by atomic mass is 10.2. The van der Waals surface area contributed by atoms with Crippen molar-refractivity contribution >= 4 is 69.7 Å². The molecule has 0 spiro atoms. The largest absolute Gasteiger partial charge is 0.478 e. The Morgan fingerprint density at radius 3 is 2.39 bits per heavy atom. The maximum Gasteiger partial charge on any atom is 0.337 e. The van der Waals surface area contributed by atoms with Gasteiger partial charge in [0.15, 0.2) is 11.8 Å². The standard InChI is InChI=1S/C12H11Cl3FN3O3S/c13-12(14,15)10(18-8(20)5-16)19-11(23)17-7-4-2-1-3-6(7)9(21)22/h1-4,10H,5H2,(H,18,20)(H,21,22)(H2,17,19,23)/t10-/m0/s1. The van der Waals surface area contributed by atoms with E-state index in [9.17, 15) is 14.0 Å². The van der Waals surface area contributed by atoms with Gasteiger partial charge in [0.05, 0.1) is 11.3 Å². The fraction of sp³-hybridized carbons (Fsp3) is 0.250. The lowest BCUT2D eigenvalue weighted by molar-refractivity contribution is -0.122. The van der Waals surface area contributed by atoms with Crippen LogP contribution >= 0.6 is 47.0 Å². The molecule has 0 aromatic heterocycles. The topological polar surface area (TPSA) is 90.5 Å². The minimum absolute atomic E-state index is 0.0325. The third kappa shape index (κ3) is 6.34. The van der Waals surface area contributed by atoms with E-state index in [1.54, 1.807) is 6.07 Å². The van der Waals surface area contributed by atoms with Crippen molar-refractivity contribution in [1.82, 2.24) is 10.6 Å². The minimum Gasteiger partial charge on any atom is -0.478 e. The maximum atomic E-state index is 12.3. The SMILES string of the molecule is O=C(CF)N[C@@H](NC(=S)Nc1ccccc1C(=O)O)C(Cl)(Cl)Cl. The van der Waals surface area contributed by atoms with E-state index in [2.05, 4.69) is 16.0 Å². The Bertz CT molecular complexity index is 613. The number of aromatic carboxylic acids is 1. The van der Waals surface area contributed by atoms with Gasteiger partial charge in [0.25, 0.3) is 5.91 Å². The third-order valence-electron chi connectivity index (χ3n) is 2.44. The Kier molecular flexibility index (Phi) is 7.27. The van der Waals surface area contributed by atoms with Crippen LogP contribution in [-0.4, -0.2) is 38.7 Å². The van der Waals surface area contributed by atoms with Crippen LogP contribution in [0.3, 0.4) is 0 Å². The van der Waals surface area contributed by atoms with Crippen molar-refractivity contribution in [2.24, 2.45) is 0 Å². The van der Waals surface area contributed by atoms with E-state index in [0.29, 0.717) is 0 Å². The molecule has 0 saturated heterocycles. The van der Waals surface area contributed by atoms with Gasteiger partial charge in [0.2, 0.25) is 3.79 Å². The highest BCUT2D eigenvalue weighted by atomic mass is 35.6. The van der Waals surface area contributed by atoms with Crippen LogP contribution in [0.15, 0.2) is 24.3 Å². The Morgan fingerprint density at radius 2 is 1.87 bits per heavy atom. The monoisotopic (exact) mass is 401 g/mol. The molecule has 1 aromatic rings. The highest BCUT2D eigenvalue weighted by Gasteiger charge is 2.34. The second-order valence-corrected chi connectivity index (χ2v) is 6.90. The van der Waals surface area contributed by atoms with Gasteiger partial charge in [0, 0.05) is 0 Å². The highest BCUT2D eigenvalue weighted by Crippen LogP contribution is 2.29. The third-order valence-corrected chi connectivity index (χ3v) is 3.31. The molecule has 0 radical (unpaired) electrons. The van der Waals surface area contributed by atoms with Crippen molar-refractivity contribution < 1.29 is 19.1 Å². The summed E-state index contributed by atoms with van der Waals surface area (Å²) in [6.07, 6.45) is -1.33. The Balaban J connectivity index is 2.84. The fourth-order valence-electron chi connectivity index (χ4n) is 1.47. The van der Waals surface area contributed by atoms with E-state index in [-0.39, 0.29) is 16.4 Å². The summed E-state index contributed by atoms with van der Waals surface area (Å²) in [5.41, 5.74) is 0.160. The van der Waals surface area contributed by atoms with Crippen LogP contribution in [0, 0.1) is 0 Å². The molecule has 23 heavy (non-hydrogen) atoms. The molecule has 0 unspecified atom stereocenters. The summed E-state index contributed by atoms with van der Waals surface area (Å²) < 4.78 is 10.3. The van der Waals surface area contributed by atoms with Crippen molar-refractivity contribution in [3.8, 4) is 0 Å². The van der Waals surface area contributed by atoms with Crippen LogP contribution in [-0.2, 0) is 4.79 Å². The average molecular weight is 403 g/mol. The van der Waals surface area contributed by atoms with E-state index in [1.807, 2.05) is 0 Å². The molecule has 4 N–H and O–H groups in total. The average Bonchev–Trinajstić information content (AvgIpc) is 2.45. The molecule has 0 aliphatic carbocycles. The molecular weight excluding hydrogens is 392 g/mol. The first-order valence-electron chi connectivity index (χ1n) is 5.97. The number of carbonyl (C=O) groups is 2. The predicted octanol–water partition coefficient (Wildman–Crippen LogP) is 2.45. The zero-order valence-corrected chi connectivity index (χ0v) is 14.4. The first kappa shape index (κ1) is 19.7. The van der Waals surface area contributed by atoms with Gasteiger partial charge < -0.3 is 21.1 Å². The van der Waals surface area contributed by atoms with E-state index < -0.39 is 28.5 Å². The van der Waals surface area contributed by atoms with Gasteiger partial charge >= 0.3 is 5.97 Å². The van der Waals surface area contributed by atoms with Crippen molar-refractivity contribution in [2.75, 3.05) is 12.0 Å². The van der Waals surface area contributed by atoms with Crippen molar-refractivity contribution in [3.63, 3.8) is 0 Å². The molecule has 1 rings (SSSR count). The molecule has 0 aliphatic rings. The van der Waals surface area contributed by atoms with Crippen LogP contribution in [0.1, 0.15) is 10.4 Å². The summed E-state index contributed by atoms with van der Waals surface area (Å²) >= 11 is 22.0. The first-order valence-corrected chi connectivity index (χ1v) is 7.51. The Labute approximate surface area is 151 Å². The second kappa shape index (κ2) is 8.49. The molecule has 6 nitrogen and oxygen atoms in total. The Morgan fingerprint density at radius 1 is 1.26 bits per heavy atom. The van der Waals surface area contributed by atoms with Gasteiger partial charge in [-0.25, -0.2) is 9.18 Å². The normalized spacial score (nSPS) is 12.2. The number of thiocarbonyl (C=S) groups is 1. The minimum atomic E-state index is -2.02. The number of anilines is 1. The molecule has 0 saturated carbocycles. The van der Waals surface area contributed by atoms with Gasteiger partial charge in [-0.1, -0.05) is 46.9 Å². The van der Waals surface area contributed by atoms with Gasteiger partial charge in [-0.2, -0.15) is 0 Å². The summed E-state index contributed by atoms with van der Waals surface area (Å²) in [5, 5.41) is 16.1. The summed E-state index contributed by atoms with van der Waals surface area (Å²) in [6.45, 7) is -1.30. The molecule has 0 heterocycles. The number of carboxylic acids is 1. The van der Waals surface area contributed by atoms with E-state index in [1.165, 1.54) is 18.2 Å². The fourth-order valence-corrected chi connectivity index (χ4v) is 2.02. The molecule has 0 bridgehead atoms. The number of carboxylic acid groups (broad SMARTS) is 1. The highest BCUT2D eigenvalue weighted by molar-refractivity contribution is 7.80.